The van der Waals surface area contributed by atoms with Gasteiger partial charge in [-0.3, -0.25) is 4.90 Å². The highest BCUT2D eigenvalue weighted by Crippen LogP contribution is 2.51. The zero-order valence-corrected chi connectivity index (χ0v) is 32.2. The van der Waals surface area contributed by atoms with Crippen molar-refractivity contribution < 1.29 is 9.53 Å². The first kappa shape index (κ1) is 38.2. The van der Waals surface area contributed by atoms with Gasteiger partial charge in [-0.15, -0.1) is 0 Å². The van der Waals surface area contributed by atoms with Crippen LogP contribution < -0.4 is 9.80 Å². The van der Waals surface area contributed by atoms with Crippen LogP contribution >= 0.6 is 0 Å². The third kappa shape index (κ3) is 9.07. The number of cyclic esters (lactones) is 1. The molecule has 0 aliphatic carbocycles. The molecule has 0 saturated carbocycles. The fourth-order valence-electron chi connectivity index (χ4n) is 7.86. The highest BCUT2D eigenvalue weighted by molar-refractivity contribution is 5.97. The summed E-state index contributed by atoms with van der Waals surface area (Å²) in [5.74, 6) is -0.290. The molecule has 0 radical (unpaired) electrons. The Morgan fingerprint density at radius 2 is 1.04 bits per heavy atom. The Morgan fingerprint density at radius 3 is 1.55 bits per heavy atom. The van der Waals surface area contributed by atoms with E-state index in [-0.39, 0.29) is 5.97 Å². The van der Waals surface area contributed by atoms with E-state index in [1.165, 1.54) is 93.9 Å². The van der Waals surface area contributed by atoms with E-state index in [9.17, 15) is 4.79 Å². The van der Waals surface area contributed by atoms with E-state index in [4.69, 9.17) is 4.74 Å². The van der Waals surface area contributed by atoms with Gasteiger partial charge in [0.25, 0.3) is 0 Å². The van der Waals surface area contributed by atoms with Crippen LogP contribution in [-0.2, 0) is 23.3 Å². The molecule has 1 heterocycles. The summed E-state index contributed by atoms with van der Waals surface area (Å²) < 4.78 is 6.77. The zero-order chi connectivity index (χ0) is 36.1. The minimum absolute atomic E-state index is 0.290. The molecule has 51 heavy (non-hydrogen) atoms. The second kappa shape index (κ2) is 19.0. The van der Waals surface area contributed by atoms with Crippen molar-refractivity contribution in [1.82, 2.24) is 0 Å². The molecule has 1 aliphatic heterocycles. The van der Waals surface area contributed by atoms with Gasteiger partial charge >= 0.3 is 5.97 Å². The van der Waals surface area contributed by atoms with Crippen LogP contribution in [0.2, 0.25) is 0 Å². The van der Waals surface area contributed by atoms with Crippen LogP contribution in [0.5, 0.6) is 0 Å². The van der Waals surface area contributed by atoms with Gasteiger partial charge < -0.3 is 9.64 Å². The first-order valence-corrected chi connectivity index (χ1v) is 20.1. The number of hydrogen-bond donors (Lipinski definition) is 0. The number of unbranched alkanes of at least 4 members (excludes halogenated alkanes) is 10. The molecule has 0 amide bonds. The van der Waals surface area contributed by atoms with Crippen LogP contribution in [0.3, 0.4) is 0 Å². The number of benzene rings is 4. The molecule has 1 atom stereocenters. The van der Waals surface area contributed by atoms with Crippen LogP contribution in [0.25, 0.3) is 0 Å². The van der Waals surface area contributed by atoms with E-state index < -0.39 is 5.72 Å². The molecule has 272 valence electrons. The van der Waals surface area contributed by atoms with E-state index in [0.717, 1.165) is 54.0 Å². The Balaban J connectivity index is 1.56. The smallest absolute Gasteiger partial charge is 0.341 e. The summed E-state index contributed by atoms with van der Waals surface area (Å²) in [5, 5.41) is 0. The fraction of sp³-hybridized carbons (Fsp3) is 0.468. The lowest BCUT2D eigenvalue weighted by atomic mass is 9.87. The molecule has 4 nitrogen and oxygen atoms in total. The quantitative estimate of drug-likeness (QED) is 0.0645. The largest absolute Gasteiger partial charge is 0.426 e. The second-order valence-corrected chi connectivity index (χ2v) is 14.5. The number of esters is 1. The van der Waals surface area contributed by atoms with E-state index >= 15 is 0 Å². The fourth-order valence-corrected chi connectivity index (χ4v) is 7.86. The number of hydrogen-bond acceptors (Lipinski definition) is 4. The number of fused-ring (bicyclic) bond motifs is 1. The molecule has 0 aromatic heterocycles. The molecular formula is C47H62N2O2. The maximum absolute atomic E-state index is 13.9. The first-order valence-electron chi connectivity index (χ1n) is 20.1. The maximum atomic E-state index is 13.9. The summed E-state index contributed by atoms with van der Waals surface area (Å²) in [7, 11) is 0. The molecule has 4 aromatic rings. The maximum Gasteiger partial charge on any atom is 0.341 e. The highest BCUT2D eigenvalue weighted by atomic mass is 16.6. The van der Waals surface area contributed by atoms with Gasteiger partial charge in [-0.1, -0.05) is 127 Å². The minimum Gasteiger partial charge on any atom is -0.426 e. The van der Waals surface area contributed by atoms with Gasteiger partial charge in [0.05, 0.1) is 5.56 Å². The Hall–Kier alpha value is -4.05. The van der Waals surface area contributed by atoms with Crippen molar-refractivity contribution in [3.8, 4) is 0 Å². The van der Waals surface area contributed by atoms with E-state index in [2.05, 4.69) is 117 Å². The average molecular weight is 687 g/mol. The number of anilines is 3. The summed E-state index contributed by atoms with van der Waals surface area (Å²) in [5.41, 5.74) is 8.26. The summed E-state index contributed by atoms with van der Waals surface area (Å²) in [6, 6.07) is 32.6. The summed E-state index contributed by atoms with van der Waals surface area (Å²) in [6.07, 6.45) is 17.6. The van der Waals surface area contributed by atoms with Gasteiger partial charge in [0, 0.05) is 41.3 Å². The van der Waals surface area contributed by atoms with Crippen molar-refractivity contribution in [2.24, 2.45) is 0 Å². The average Bonchev–Trinajstić information content (AvgIpc) is 3.45. The van der Waals surface area contributed by atoms with E-state index in [1.54, 1.807) is 0 Å². The van der Waals surface area contributed by atoms with Gasteiger partial charge in [0.1, 0.15) is 0 Å². The number of rotatable bonds is 21. The van der Waals surface area contributed by atoms with Gasteiger partial charge in [-0.2, -0.15) is 0 Å². The van der Waals surface area contributed by atoms with Crippen molar-refractivity contribution in [3.05, 3.63) is 124 Å². The third-order valence-corrected chi connectivity index (χ3v) is 10.8. The molecule has 5 rings (SSSR count). The highest BCUT2D eigenvalue weighted by Gasteiger charge is 2.53. The van der Waals surface area contributed by atoms with Crippen molar-refractivity contribution in [3.63, 3.8) is 0 Å². The Bertz CT molecular complexity index is 1600. The number of nitrogens with zero attached hydrogens (tertiary/aromatic N) is 2. The van der Waals surface area contributed by atoms with Crippen molar-refractivity contribution in [2.75, 3.05) is 22.9 Å². The van der Waals surface area contributed by atoms with Gasteiger partial charge in [0.2, 0.25) is 5.72 Å². The molecule has 0 fully saturated rings. The minimum atomic E-state index is -1.18. The zero-order valence-electron chi connectivity index (χ0n) is 32.2. The molecule has 4 aromatic carbocycles. The van der Waals surface area contributed by atoms with Gasteiger partial charge in [-0.05, 0) is 106 Å². The number of ether oxygens (including phenoxy) is 1. The monoisotopic (exact) mass is 686 g/mol. The standard InChI is InChI=1S/C47H62N2O2/c1-6-10-12-14-16-18-22-38-26-30-40(31-27-38)49(41-32-28-39(29-33-41)23-19-17-15-13-11-7-2)47(45-25-21-20-24-43(45)46(50)51-47)44-35-34-42(36-37(44)5)48(8-3)9-4/h20-21,24-36H,6-19,22-23H2,1-5H3. The number of carbonyl (C=O) groups excluding carboxylic acids is 1. The van der Waals surface area contributed by atoms with E-state index in [0.29, 0.717) is 5.56 Å². The number of aryl methyl sites for hydroxylation is 3. The first-order chi connectivity index (χ1) is 25.0. The second-order valence-electron chi connectivity index (χ2n) is 14.5. The van der Waals surface area contributed by atoms with Crippen LogP contribution in [-0.4, -0.2) is 19.1 Å². The summed E-state index contributed by atoms with van der Waals surface area (Å²) in [4.78, 5) is 18.5. The van der Waals surface area contributed by atoms with Crippen molar-refractivity contribution in [1.29, 1.82) is 0 Å². The van der Waals surface area contributed by atoms with Gasteiger partial charge in [-0.25, -0.2) is 4.79 Å². The topological polar surface area (TPSA) is 32.8 Å². The van der Waals surface area contributed by atoms with Crippen molar-refractivity contribution in [2.45, 2.75) is 130 Å². The van der Waals surface area contributed by atoms with Crippen molar-refractivity contribution >= 4 is 23.0 Å². The van der Waals surface area contributed by atoms with Crippen LogP contribution in [0.4, 0.5) is 17.1 Å². The van der Waals surface area contributed by atoms with Crippen LogP contribution in [0.1, 0.15) is 143 Å². The molecule has 1 aliphatic rings. The lowest BCUT2D eigenvalue weighted by molar-refractivity contribution is 0.0132. The van der Waals surface area contributed by atoms with Gasteiger partial charge in [0.15, 0.2) is 0 Å². The predicted octanol–water partition coefficient (Wildman–Crippen LogP) is 12.9. The lowest BCUT2D eigenvalue weighted by Gasteiger charge is -2.43. The Morgan fingerprint density at radius 1 is 0.549 bits per heavy atom. The SMILES string of the molecule is CCCCCCCCc1ccc(N(c2ccc(CCCCCCCC)cc2)C2(c3ccc(N(CC)CC)cc3C)OC(=O)c3ccccc32)cc1. The molecule has 0 saturated heterocycles. The normalized spacial score (nSPS) is 15.1. The number of carbonyl (C=O) groups is 1. The molecule has 0 N–H and O–H groups in total. The van der Waals surface area contributed by atoms with Crippen LogP contribution in [0.15, 0.2) is 91.0 Å². The molecule has 0 spiro atoms. The summed E-state index contributed by atoms with van der Waals surface area (Å²) in [6.45, 7) is 12.9. The summed E-state index contributed by atoms with van der Waals surface area (Å²) >= 11 is 0. The Kier molecular flexibility index (Phi) is 14.2. The molecule has 1 unspecified atom stereocenters. The lowest BCUT2D eigenvalue weighted by Crippen LogP contribution is -2.45. The Labute approximate surface area is 309 Å². The third-order valence-electron chi connectivity index (χ3n) is 10.8. The molecule has 0 bridgehead atoms. The molecular weight excluding hydrogens is 625 g/mol. The molecule has 4 heteroatoms. The van der Waals surface area contributed by atoms with Crippen LogP contribution in [0, 0.1) is 6.92 Å². The van der Waals surface area contributed by atoms with E-state index in [1.807, 2.05) is 18.2 Å². The predicted molar refractivity (Wildman–Crippen MR) is 217 cm³/mol.